The summed E-state index contributed by atoms with van der Waals surface area (Å²) in [4.78, 5) is 4.65. The summed E-state index contributed by atoms with van der Waals surface area (Å²) in [6.07, 6.45) is 2.70. The third-order valence-corrected chi connectivity index (χ3v) is 2.42. The molecule has 0 spiro atoms. The van der Waals surface area contributed by atoms with Crippen molar-refractivity contribution in [2.24, 2.45) is 11.1 Å². The van der Waals surface area contributed by atoms with E-state index in [4.69, 9.17) is 9.47 Å². The lowest BCUT2D eigenvalue weighted by atomic mass is 10.0. The average molecular weight is 221 g/mol. The van der Waals surface area contributed by atoms with Crippen molar-refractivity contribution in [3.8, 4) is 11.5 Å². The van der Waals surface area contributed by atoms with Gasteiger partial charge in [-0.2, -0.15) is 0 Å². The molecule has 0 amide bonds. The van der Waals surface area contributed by atoms with Gasteiger partial charge in [0, 0.05) is 6.21 Å². The Kier molecular flexibility index (Phi) is 3.29. The van der Waals surface area contributed by atoms with E-state index in [1.54, 1.807) is 13.3 Å². The lowest BCUT2D eigenvalue weighted by Crippen LogP contribution is -2.01. The molecule has 16 heavy (non-hydrogen) atoms. The van der Waals surface area contributed by atoms with Crippen LogP contribution in [-0.2, 0) is 11.3 Å². The Bertz CT molecular complexity index is 390. The summed E-state index contributed by atoms with van der Waals surface area (Å²) in [5, 5.41) is 3.76. The Morgan fingerprint density at radius 3 is 3.06 bits per heavy atom. The van der Waals surface area contributed by atoms with E-state index in [2.05, 4.69) is 16.9 Å². The second-order valence-corrected chi connectivity index (χ2v) is 3.81. The molecule has 4 heteroatoms. The largest absolute Gasteiger partial charge is 0.454 e. The summed E-state index contributed by atoms with van der Waals surface area (Å²) >= 11 is 0. The lowest BCUT2D eigenvalue weighted by molar-refractivity contribution is 0.174. The predicted octanol–water partition coefficient (Wildman–Crippen LogP) is 2.23. The van der Waals surface area contributed by atoms with Crippen LogP contribution in [0.25, 0.3) is 0 Å². The summed E-state index contributed by atoms with van der Waals surface area (Å²) in [6.45, 7) is 2.41. The molecule has 0 radical (unpaired) electrons. The number of fused-ring (bicyclic) bond motifs is 1. The Labute approximate surface area is 94.8 Å². The van der Waals surface area contributed by atoms with E-state index in [1.807, 2.05) is 18.2 Å². The van der Waals surface area contributed by atoms with Crippen molar-refractivity contribution in [1.29, 1.82) is 0 Å². The molecule has 1 aliphatic rings. The zero-order valence-electron chi connectivity index (χ0n) is 9.47. The highest BCUT2D eigenvalue weighted by molar-refractivity contribution is 5.60. The maximum atomic E-state index is 5.32. The van der Waals surface area contributed by atoms with Crippen LogP contribution in [0.5, 0.6) is 11.5 Å². The van der Waals surface area contributed by atoms with Crippen LogP contribution in [0.3, 0.4) is 0 Å². The van der Waals surface area contributed by atoms with Crippen molar-refractivity contribution >= 4 is 6.21 Å². The molecule has 0 aromatic heterocycles. The van der Waals surface area contributed by atoms with Crippen LogP contribution < -0.4 is 9.47 Å². The maximum absolute atomic E-state index is 5.32. The van der Waals surface area contributed by atoms with Crippen LogP contribution in [0.2, 0.25) is 0 Å². The van der Waals surface area contributed by atoms with Gasteiger partial charge in [0.1, 0.15) is 7.11 Å². The quantitative estimate of drug-likeness (QED) is 0.578. The highest BCUT2D eigenvalue weighted by atomic mass is 16.7. The van der Waals surface area contributed by atoms with Gasteiger partial charge in [-0.25, -0.2) is 0 Å². The Balaban J connectivity index is 2.02. The molecule has 0 aliphatic carbocycles. The van der Waals surface area contributed by atoms with Gasteiger partial charge in [-0.1, -0.05) is 18.1 Å². The molecule has 0 fully saturated rings. The van der Waals surface area contributed by atoms with Crippen LogP contribution in [0.1, 0.15) is 12.5 Å². The SMILES string of the molecule is CO/N=C/C(C)Cc1ccc2c(c1)OCO2. The highest BCUT2D eigenvalue weighted by Gasteiger charge is 2.13. The minimum absolute atomic E-state index is 0.319. The lowest BCUT2D eigenvalue weighted by Gasteiger charge is -2.06. The van der Waals surface area contributed by atoms with Crippen molar-refractivity contribution in [3.63, 3.8) is 0 Å². The Hall–Kier alpha value is -1.71. The molecular formula is C12H15NO3. The number of nitrogens with zero attached hydrogens (tertiary/aromatic N) is 1. The van der Waals surface area contributed by atoms with Crippen molar-refractivity contribution in [2.75, 3.05) is 13.9 Å². The van der Waals surface area contributed by atoms with Crippen LogP contribution in [0, 0.1) is 5.92 Å². The van der Waals surface area contributed by atoms with Crippen molar-refractivity contribution in [1.82, 2.24) is 0 Å². The summed E-state index contributed by atoms with van der Waals surface area (Å²) in [5.41, 5.74) is 1.21. The molecule has 1 aromatic rings. The minimum Gasteiger partial charge on any atom is -0.454 e. The molecular weight excluding hydrogens is 206 g/mol. The van der Waals surface area contributed by atoms with E-state index < -0.39 is 0 Å². The van der Waals surface area contributed by atoms with Gasteiger partial charge < -0.3 is 14.3 Å². The van der Waals surface area contributed by atoms with Crippen LogP contribution in [-0.4, -0.2) is 20.1 Å². The van der Waals surface area contributed by atoms with E-state index in [0.717, 1.165) is 17.9 Å². The second-order valence-electron chi connectivity index (χ2n) is 3.81. The summed E-state index contributed by atoms with van der Waals surface area (Å²) in [7, 11) is 1.55. The van der Waals surface area contributed by atoms with E-state index in [-0.39, 0.29) is 0 Å². The summed E-state index contributed by atoms with van der Waals surface area (Å²) in [6, 6.07) is 6.00. The molecule has 0 bridgehead atoms. The van der Waals surface area contributed by atoms with Crippen LogP contribution in [0.4, 0.5) is 0 Å². The van der Waals surface area contributed by atoms with Gasteiger partial charge in [0.25, 0.3) is 0 Å². The molecule has 1 aromatic carbocycles. The molecule has 1 unspecified atom stereocenters. The van der Waals surface area contributed by atoms with E-state index in [1.165, 1.54) is 5.56 Å². The monoisotopic (exact) mass is 221 g/mol. The van der Waals surface area contributed by atoms with Crippen molar-refractivity contribution in [2.45, 2.75) is 13.3 Å². The third-order valence-electron chi connectivity index (χ3n) is 2.42. The first-order valence-corrected chi connectivity index (χ1v) is 5.25. The van der Waals surface area contributed by atoms with Crippen LogP contribution in [0.15, 0.2) is 23.4 Å². The van der Waals surface area contributed by atoms with Crippen molar-refractivity contribution < 1.29 is 14.3 Å². The topological polar surface area (TPSA) is 40.0 Å². The van der Waals surface area contributed by atoms with Gasteiger partial charge in [-0.3, -0.25) is 0 Å². The van der Waals surface area contributed by atoms with Gasteiger partial charge in [-0.05, 0) is 30.0 Å². The average Bonchev–Trinajstić information content (AvgIpc) is 2.73. The molecule has 1 atom stereocenters. The summed E-state index contributed by atoms with van der Waals surface area (Å²) in [5.74, 6) is 1.98. The summed E-state index contributed by atoms with van der Waals surface area (Å²) < 4.78 is 10.6. The standard InChI is InChI=1S/C12H15NO3/c1-9(7-13-14-2)5-10-3-4-11-12(6-10)16-8-15-11/h3-4,6-7,9H,5,8H2,1-2H3/b13-7+. The molecule has 0 N–H and O–H groups in total. The normalized spacial score (nSPS) is 15.4. The zero-order valence-corrected chi connectivity index (χ0v) is 9.47. The number of oxime groups is 1. The Morgan fingerprint density at radius 1 is 1.44 bits per heavy atom. The number of hydrogen-bond donors (Lipinski definition) is 0. The minimum atomic E-state index is 0.319. The number of ether oxygens (including phenoxy) is 2. The van der Waals surface area contributed by atoms with E-state index in [0.29, 0.717) is 12.7 Å². The zero-order chi connectivity index (χ0) is 11.4. The Morgan fingerprint density at radius 2 is 2.25 bits per heavy atom. The fraction of sp³-hybridized carbons (Fsp3) is 0.417. The third kappa shape index (κ3) is 2.45. The number of rotatable bonds is 4. The number of hydrogen-bond acceptors (Lipinski definition) is 4. The smallest absolute Gasteiger partial charge is 0.231 e. The van der Waals surface area contributed by atoms with Gasteiger partial charge in [0.15, 0.2) is 11.5 Å². The highest BCUT2D eigenvalue weighted by Crippen LogP contribution is 2.32. The molecule has 2 rings (SSSR count). The van der Waals surface area contributed by atoms with Gasteiger partial charge in [0.05, 0.1) is 0 Å². The number of benzene rings is 1. The van der Waals surface area contributed by atoms with Crippen molar-refractivity contribution in [3.05, 3.63) is 23.8 Å². The molecule has 1 aliphatic heterocycles. The van der Waals surface area contributed by atoms with Gasteiger partial charge >= 0.3 is 0 Å². The molecule has 1 heterocycles. The first kappa shape index (κ1) is 10.8. The fourth-order valence-electron chi connectivity index (χ4n) is 1.66. The van der Waals surface area contributed by atoms with E-state index in [9.17, 15) is 0 Å². The fourth-order valence-corrected chi connectivity index (χ4v) is 1.66. The first-order chi connectivity index (χ1) is 7.79. The van der Waals surface area contributed by atoms with Gasteiger partial charge in [0.2, 0.25) is 6.79 Å². The molecule has 0 saturated carbocycles. The predicted molar refractivity (Wildman–Crippen MR) is 60.9 cm³/mol. The molecule has 86 valence electrons. The molecule has 0 saturated heterocycles. The maximum Gasteiger partial charge on any atom is 0.231 e. The first-order valence-electron chi connectivity index (χ1n) is 5.25. The van der Waals surface area contributed by atoms with Gasteiger partial charge in [-0.15, -0.1) is 0 Å². The second kappa shape index (κ2) is 4.88. The van der Waals surface area contributed by atoms with Crippen LogP contribution >= 0.6 is 0 Å². The van der Waals surface area contributed by atoms with E-state index >= 15 is 0 Å². The molecule has 4 nitrogen and oxygen atoms in total.